The van der Waals surface area contributed by atoms with Gasteiger partial charge in [0.1, 0.15) is 22.4 Å². The van der Waals surface area contributed by atoms with Gasteiger partial charge in [-0.3, -0.25) is 0 Å². The van der Waals surface area contributed by atoms with Crippen molar-refractivity contribution in [1.29, 1.82) is 0 Å². The Kier molecular flexibility index (Phi) is 2.76. The highest BCUT2D eigenvalue weighted by Gasteiger charge is 2.14. The summed E-state index contributed by atoms with van der Waals surface area (Å²) in [4.78, 5) is 7.79. The number of phenolic OH excluding ortho intramolecular Hbond substituents is 1. The van der Waals surface area contributed by atoms with E-state index in [9.17, 15) is 9.50 Å². The van der Waals surface area contributed by atoms with Gasteiger partial charge in [0, 0.05) is 6.07 Å². The number of aromatic hydroxyl groups is 1. The number of nitrogens with zero attached hydrogens (tertiary/aromatic N) is 4. The Bertz CT molecular complexity index is 790. The summed E-state index contributed by atoms with van der Waals surface area (Å²) in [5, 5.41) is 14.4. The quantitative estimate of drug-likeness (QED) is 0.554. The first kappa shape index (κ1) is 12.1. The summed E-state index contributed by atoms with van der Waals surface area (Å²) in [6.45, 7) is 0. The molecule has 0 aliphatic carbocycles. The molecule has 8 heteroatoms. The molecule has 0 bridgehead atoms. The molecule has 0 aliphatic heterocycles. The van der Waals surface area contributed by atoms with Crippen molar-refractivity contribution in [2.75, 3.05) is 0 Å². The van der Waals surface area contributed by atoms with Crippen molar-refractivity contribution in [3.8, 4) is 11.4 Å². The molecule has 3 rings (SSSR count). The van der Waals surface area contributed by atoms with Gasteiger partial charge in [-0.05, 0) is 23.7 Å². The predicted octanol–water partition coefficient (Wildman–Crippen LogP) is 2.97. The normalized spacial score (nSPS) is 11.1. The fourth-order valence-corrected chi connectivity index (χ4v) is 2.12. The van der Waals surface area contributed by atoms with E-state index >= 15 is 0 Å². The van der Waals surface area contributed by atoms with E-state index < -0.39 is 5.82 Å². The van der Waals surface area contributed by atoms with Crippen molar-refractivity contribution >= 4 is 34.2 Å². The van der Waals surface area contributed by atoms with Gasteiger partial charge in [0.25, 0.3) is 0 Å². The van der Waals surface area contributed by atoms with Gasteiger partial charge < -0.3 is 5.11 Å². The molecule has 19 heavy (non-hydrogen) atoms. The van der Waals surface area contributed by atoms with Gasteiger partial charge in [-0.1, -0.05) is 11.6 Å². The van der Waals surface area contributed by atoms with E-state index in [4.69, 9.17) is 23.2 Å². The van der Waals surface area contributed by atoms with Gasteiger partial charge in [-0.15, -0.1) is 0 Å². The van der Waals surface area contributed by atoms with Gasteiger partial charge in [0.2, 0.25) is 5.28 Å². The lowest BCUT2D eigenvalue weighted by Gasteiger charge is -2.05. The Hall–Kier alpha value is -1.92. The molecule has 0 radical (unpaired) electrons. The molecule has 5 nitrogen and oxygen atoms in total. The lowest BCUT2D eigenvalue weighted by Crippen LogP contribution is -1.99. The number of benzene rings is 1. The highest BCUT2D eigenvalue weighted by Crippen LogP contribution is 2.28. The maximum atomic E-state index is 13.0. The maximum absolute atomic E-state index is 13.0. The molecule has 0 amide bonds. The van der Waals surface area contributed by atoms with Crippen LogP contribution < -0.4 is 0 Å². The summed E-state index contributed by atoms with van der Waals surface area (Å²) in [5.41, 5.74) is 0.592. The Labute approximate surface area is 116 Å². The number of halogens is 3. The SMILES string of the molecule is Oc1cc(F)ccc1-n1ncc2c(Cl)nc(Cl)nc21. The lowest BCUT2D eigenvalue weighted by molar-refractivity contribution is 0.464. The second-order valence-electron chi connectivity index (χ2n) is 3.71. The van der Waals surface area contributed by atoms with Gasteiger partial charge in [-0.2, -0.15) is 10.1 Å². The maximum Gasteiger partial charge on any atom is 0.225 e. The summed E-state index contributed by atoms with van der Waals surface area (Å²) in [6.07, 6.45) is 1.44. The molecule has 0 saturated heterocycles. The van der Waals surface area contributed by atoms with Crippen molar-refractivity contribution in [2.24, 2.45) is 0 Å². The summed E-state index contributed by atoms with van der Waals surface area (Å²) in [5.74, 6) is -0.820. The van der Waals surface area contributed by atoms with Crippen molar-refractivity contribution < 1.29 is 9.50 Å². The van der Waals surface area contributed by atoms with Crippen molar-refractivity contribution in [3.05, 3.63) is 40.6 Å². The third-order valence-corrected chi connectivity index (χ3v) is 2.98. The third-order valence-electron chi connectivity index (χ3n) is 2.52. The minimum Gasteiger partial charge on any atom is -0.506 e. The van der Waals surface area contributed by atoms with Crippen LogP contribution in [0.25, 0.3) is 16.7 Å². The number of rotatable bonds is 1. The van der Waals surface area contributed by atoms with Crippen LogP contribution in [0.5, 0.6) is 5.75 Å². The number of phenols is 1. The Morgan fingerprint density at radius 1 is 1.21 bits per heavy atom. The van der Waals surface area contributed by atoms with E-state index in [1.165, 1.54) is 23.0 Å². The molecule has 1 N–H and O–H groups in total. The summed E-state index contributed by atoms with van der Waals surface area (Å²) in [7, 11) is 0. The summed E-state index contributed by atoms with van der Waals surface area (Å²) < 4.78 is 14.3. The highest BCUT2D eigenvalue weighted by atomic mass is 35.5. The molecule has 0 unspecified atom stereocenters. The van der Waals surface area contributed by atoms with Gasteiger partial charge in [-0.25, -0.2) is 14.1 Å². The van der Waals surface area contributed by atoms with Crippen LogP contribution in [0, 0.1) is 5.82 Å². The fourth-order valence-electron chi connectivity index (χ4n) is 1.70. The van der Waals surface area contributed by atoms with Crippen molar-refractivity contribution in [3.63, 3.8) is 0 Å². The first-order valence-corrected chi connectivity index (χ1v) is 5.87. The number of aromatic nitrogens is 4. The first-order valence-electron chi connectivity index (χ1n) is 5.12. The third kappa shape index (κ3) is 1.98. The molecule has 2 heterocycles. The topological polar surface area (TPSA) is 63.8 Å². The molecule has 0 aliphatic rings. The molecule has 96 valence electrons. The largest absolute Gasteiger partial charge is 0.506 e. The highest BCUT2D eigenvalue weighted by molar-refractivity contribution is 6.35. The van der Waals surface area contributed by atoms with Crippen LogP contribution in [0.4, 0.5) is 4.39 Å². The molecule has 1 aromatic carbocycles. The average molecular weight is 299 g/mol. The van der Waals surface area contributed by atoms with Crippen LogP contribution in [0.2, 0.25) is 10.4 Å². The minimum absolute atomic E-state index is 0.0409. The second kappa shape index (κ2) is 4.32. The van der Waals surface area contributed by atoms with Crippen molar-refractivity contribution in [1.82, 2.24) is 19.7 Å². The molecule has 0 spiro atoms. The second-order valence-corrected chi connectivity index (χ2v) is 4.41. The average Bonchev–Trinajstić information content (AvgIpc) is 2.73. The molecule has 3 aromatic rings. The Balaban J connectivity index is 2.31. The molecule has 0 saturated carbocycles. The lowest BCUT2D eigenvalue weighted by atomic mass is 10.3. The number of hydrogen-bond donors (Lipinski definition) is 1. The molecular formula is C11H5Cl2FN4O. The van der Waals surface area contributed by atoms with E-state index in [1.807, 2.05) is 0 Å². The molecule has 0 fully saturated rings. The van der Waals surface area contributed by atoms with Crippen LogP contribution in [0.15, 0.2) is 24.4 Å². The Morgan fingerprint density at radius 3 is 2.74 bits per heavy atom. The zero-order valence-corrected chi connectivity index (χ0v) is 10.7. The van der Waals surface area contributed by atoms with Crippen LogP contribution in [0.3, 0.4) is 0 Å². The zero-order valence-electron chi connectivity index (χ0n) is 9.18. The van der Waals surface area contributed by atoms with Gasteiger partial charge in [0.15, 0.2) is 5.65 Å². The van der Waals surface area contributed by atoms with E-state index in [0.29, 0.717) is 11.0 Å². The monoisotopic (exact) mass is 298 g/mol. The smallest absolute Gasteiger partial charge is 0.225 e. The summed E-state index contributed by atoms with van der Waals surface area (Å²) in [6, 6.07) is 3.56. The Morgan fingerprint density at radius 2 is 2.00 bits per heavy atom. The van der Waals surface area contributed by atoms with Crippen LogP contribution in [-0.2, 0) is 0 Å². The fraction of sp³-hybridized carbons (Fsp3) is 0. The van der Waals surface area contributed by atoms with Crippen LogP contribution >= 0.6 is 23.2 Å². The van der Waals surface area contributed by atoms with Gasteiger partial charge >= 0.3 is 0 Å². The molecule has 0 atom stereocenters. The molecule has 2 aromatic heterocycles. The van der Waals surface area contributed by atoms with E-state index in [1.54, 1.807) is 0 Å². The van der Waals surface area contributed by atoms with Crippen LogP contribution in [-0.4, -0.2) is 24.9 Å². The summed E-state index contributed by atoms with van der Waals surface area (Å²) >= 11 is 11.7. The van der Waals surface area contributed by atoms with E-state index in [-0.39, 0.29) is 21.9 Å². The van der Waals surface area contributed by atoms with Crippen molar-refractivity contribution in [2.45, 2.75) is 0 Å². The number of hydrogen-bond acceptors (Lipinski definition) is 4. The minimum atomic E-state index is -0.552. The van der Waals surface area contributed by atoms with E-state index in [2.05, 4.69) is 15.1 Å². The number of fused-ring (bicyclic) bond motifs is 1. The van der Waals surface area contributed by atoms with Gasteiger partial charge in [0.05, 0.1) is 11.6 Å². The molecular weight excluding hydrogens is 294 g/mol. The van der Waals surface area contributed by atoms with E-state index in [0.717, 1.165) is 6.07 Å². The predicted molar refractivity (Wildman–Crippen MR) is 68.3 cm³/mol. The zero-order chi connectivity index (χ0) is 13.6. The first-order chi connectivity index (χ1) is 9.06. The standard InChI is InChI=1S/C11H5Cl2FN4O/c12-9-6-4-15-18(10(6)17-11(13)16-9)7-2-1-5(14)3-8(7)19/h1-4,19H. The van der Waals surface area contributed by atoms with Crippen LogP contribution in [0.1, 0.15) is 0 Å².